The zero-order valence-electron chi connectivity index (χ0n) is 19.6. The minimum Gasteiger partial charge on any atom is -0.349 e. The molecule has 4 rings (SSSR count). The molecule has 2 aliphatic heterocycles. The highest BCUT2D eigenvalue weighted by molar-refractivity contribution is 7.09. The molecule has 1 aromatic heterocycles. The van der Waals surface area contributed by atoms with Gasteiger partial charge in [-0.05, 0) is 49.6 Å². The number of thiazole rings is 1. The Kier molecular flexibility index (Phi) is 6.46. The third-order valence-corrected chi connectivity index (χ3v) is 9.35. The van der Waals surface area contributed by atoms with E-state index in [0.717, 1.165) is 50.6 Å². The topological polar surface area (TPSA) is 65.5 Å². The number of nitrogens with zero attached hydrogens (tertiary/aromatic N) is 3. The number of piperidine rings is 2. The molecular formula is C24H38N4O2S. The van der Waals surface area contributed by atoms with Crippen molar-refractivity contribution in [1.29, 1.82) is 0 Å². The summed E-state index contributed by atoms with van der Waals surface area (Å²) in [5.41, 5.74) is 0.720. The summed E-state index contributed by atoms with van der Waals surface area (Å²) in [4.78, 5) is 34.6. The molecule has 1 N–H and O–H groups in total. The second kappa shape index (κ2) is 8.81. The van der Waals surface area contributed by atoms with Crippen molar-refractivity contribution in [2.75, 3.05) is 39.3 Å². The summed E-state index contributed by atoms with van der Waals surface area (Å²) < 4.78 is 0. The average molecular weight is 447 g/mol. The van der Waals surface area contributed by atoms with Gasteiger partial charge in [-0.15, -0.1) is 11.3 Å². The molecule has 7 heteroatoms. The van der Waals surface area contributed by atoms with E-state index in [9.17, 15) is 9.59 Å². The summed E-state index contributed by atoms with van der Waals surface area (Å²) in [5, 5.41) is 5.96. The highest BCUT2D eigenvalue weighted by atomic mass is 32.1. The van der Waals surface area contributed by atoms with Crippen LogP contribution < -0.4 is 5.32 Å². The fourth-order valence-electron chi connectivity index (χ4n) is 5.52. The van der Waals surface area contributed by atoms with Gasteiger partial charge in [0.2, 0.25) is 5.91 Å². The molecule has 0 aromatic carbocycles. The summed E-state index contributed by atoms with van der Waals surface area (Å²) in [6.07, 6.45) is 5.73. The molecule has 1 aromatic rings. The third kappa shape index (κ3) is 4.54. The highest BCUT2D eigenvalue weighted by Gasteiger charge is 2.68. The Labute approximate surface area is 190 Å². The van der Waals surface area contributed by atoms with E-state index in [-0.39, 0.29) is 22.7 Å². The van der Waals surface area contributed by atoms with E-state index in [1.807, 2.05) is 5.38 Å². The molecule has 1 saturated carbocycles. The Morgan fingerprint density at radius 1 is 1.06 bits per heavy atom. The number of carbonyl (C=O) groups excluding carboxylic acids is 2. The number of rotatable bonds is 6. The molecular weight excluding hydrogens is 408 g/mol. The van der Waals surface area contributed by atoms with Crippen LogP contribution in [-0.4, -0.2) is 65.9 Å². The minimum atomic E-state index is -0.0645. The lowest BCUT2D eigenvalue weighted by Crippen LogP contribution is -2.40. The van der Waals surface area contributed by atoms with Gasteiger partial charge in [-0.2, -0.15) is 0 Å². The molecule has 1 aliphatic carbocycles. The Balaban J connectivity index is 1.23. The summed E-state index contributed by atoms with van der Waals surface area (Å²) in [5.74, 6) is 0.743. The van der Waals surface area contributed by atoms with Crippen molar-refractivity contribution in [1.82, 2.24) is 20.1 Å². The van der Waals surface area contributed by atoms with Gasteiger partial charge in [-0.25, -0.2) is 4.98 Å². The maximum absolute atomic E-state index is 13.0. The number of hydrogen-bond acceptors (Lipinski definition) is 5. The maximum atomic E-state index is 13.0. The molecule has 0 bridgehead atoms. The summed E-state index contributed by atoms with van der Waals surface area (Å²) >= 11 is 1.59. The van der Waals surface area contributed by atoms with Crippen LogP contribution in [-0.2, 0) is 4.79 Å². The van der Waals surface area contributed by atoms with Crippen LogP contribution in [0.2, 0.25) is 0 Å². The normalized spacial score (nSPS) is 24.2. The van der Waals surface area contributed by atoms with Crippen LogP contribution in [0.3, 0.4) is 0 Å². The van der Waals surface area contributed by atoms with Crippen molar-refractivity contribution in [3.05, 3.63) is 16.1 Å². The number of nitrogens with one attached hydrogen (secondary N) is 1. The molecule has 31 heavy (non-hydrogen) atoms. The Hall–Kier alpha value is -1.47. The number of amides is 2. The SMILES string of the molecule is CC1(C)C(C(=O)N2CCC(c3nc(C(=O)NCCN4CCCCC4)cs3)CC2)C1(C)C. The van der Waals surface area contributed by atoms with Gasteiger partial charge >= 0.3 is 0 Å². The van der Waals surface area contributed by atoms with E-state index >= 15 is 0 Å². The van der Waals surface area contributed by atoms with E-state index in [0.29, 0.717) is 24.1 Å². The van der Waals surface area contributed by atoms with Crippen molar-refractivity contribution >= 4 is 23.2 Å². The summed E-state index contributed by atoms with van der Waals surface area (Å²) in [7, 11) is 0. The quantitative estimate of drug-likeness (QED) is 0.723. The van der Waals surface area contributed by atoms with E-state index < -0.39 is 0 Å². The number of aromatic nitrogens is 1. The number of hydrogen-bond donors (Lipinski definition) is 1. The van der Waals surface area contributed by atoms with Gasteiger partial charge in [0.1, 0.15) is 5.69 Å². The zero-order valence-corrected chi connectivity index (χ0v) is 20.4. The fraction of sp³-hybridized carbons (Fsp3) is 0.792. The average Bonchev–Trinajstić information content (AvgIpc) is 3.09. The van der Waals surface area contributed by atoms with Crippen LogP contribution in [0.4, 0.5) is 0 Å². The third-order valence-electron chi connectivity index (χ3n) is 8.34. The standard InChI is InChI=1S/C24H38N4O2S/c1-23(2)19(24(23,3)4)22(30)28-13-8-17(9-14-28)21-26-18(16-31-21)20(29)25-10-15-27-11-6-5-7-12-27/h16-17,19H,5-15H2,1-4H3,(H,25,29). The van der Waals surface area contributed by atoms with Crippen LogP contribution >= 0.6 is 11.3 Å². The molecule has 3 heterocycles. The van der Waals surface area contributed by atoms with E-state index in [2.05, 4.69) is 47.8 Å². The summed E-state index contributed by atoms with van der Waals surface area (Å²) in [6, 6.07) is 0. The predicted octanol–water partition coefficient (Wildman–Crippen LogP) is 3.75. The number of likely N-dealkylation sites (tertiary alicyclic amines) is 2. The molecule has 0 atom stereocenters. The zero-order chi connectivity index (χ0) is 22.2. The van der Waals surface area contributed by atoms with Gasteiger partial charge in [-0.3, -0.25) is 9.59 Å². The van der Waals surface area contributed by atoms with Crippen molar-refractivity contribution in [2.45, 2.75) is 65.7 Å². The van der Waals surface area contributed by atoms with Crippen LogP contribution in [0.5, 0.6) is 0 Å². The Morgan fingerprint density at radius 3 is 2.32 bits per heavy atom. The fourth-order valence-corrected chi connectivity index (χ4v) is 6.49. The molecule has 0 radical (unpaired) electrons. The van der Waals surface area contributed by atoms with Crippen LogP contribution in [0, 0.1) is 16.7 Å². The predicted molar refractivity (Wildman–Crippen MR) is 124 cm³/mol. The second-order valence-electron chi connectivity index (χ2n) is 10.7. The first-order chi connectivity index (χ1) is 14.7. The van der Waals surface area contributed by atoms with Crippen molar-refractivity contribution in [2.24, 2.45) is 16.7 Å². The minimum absolute atomic E-state index is 0.0645. The van der Waals surface area contributed by atoms with Gasteiger partial charge in [0.05, 0.1) is 5.01 Å². The molecule has 3 aliphatic rings. The smallest absolute Gasteiger partial charge is 0.270 e. The molecule has 0 spiro atoms. The lowest BCUT2D eigenvalue weighted by atomic mass is 9.96. The van der Waals surface area contributed by atoms with E-state index in [1.54, 1.807) is 11.3 Å². The van der Waals surface area contributed by atoms with Gasteiger partial charge in [-0.1, -0.05) is 34.1 Å². The first kappa shape index (κ1) is 22.7. The van der Waals surface area contributed by atoms with Gasteiger partial charge in [0.15, 0.2) is 0 Å². The first-order valence-corrected chi connectivity index (χ1v) is 12.8. The lowest BCUT2D eigenvalue weighted by Gasteiger charge is -2.31. The van der Waals surface area contributed by atoms with Gasteiger partial charge in [0.25, 0.3) is 5.91 Å². The molecule has 2 amide bonds. The molecule has 0 unspecified atom stereocenters. The molecule has 6 nitrogen and oxygen atoms in total. The number of carbonyl (C=O) groups is 2. The van der Waals surface area contributed by atoms with Crippen molar-refractivity contribution in [3.63, 3.8) is 0 Å². The van der Waals surface area contributed by atoms with Gasteiger partial charge < -0.3 is 15.1 Å². The Morgan fingerprint density at radius 2 is 1.71 bits per heavy atom. The highest BCUT2D eigenvalue weighted by Crippen LogP contribution is 2.68. The van der Waals surface area contributed by atoms with Gasteiger partial charge in [0, 0.05) is 43.4 Å². The maximum Gasteiger partial charge on any atom is 0.270 e. The largest absolute Gasteiger partial charge is 0.349 e. The van der Waals surface area contributed by atoms with E-state index in [4.69, 9.17) is 0 Å². The van der Waals surface area contributed by atoms with Crippen molar-refractivity contribution in [3.8, 4) is 0 Å². The van der Waals surface area contributed by atoms with Crippen LogP contribution in [0.15, 0.2) is 5.38 Å². The van der Waals surface area contributed by atoms with Crippen LogP contribution in [0.25, 0.3) is 0 Å². The van der Waals surface area contributed by atoms with Crippen molar-refractivity contribution < 1.29 is 9.59 Å². The van der Waals surface area contributed by atoms with Crippen LogP contribution in [0.1, 0.15) is 81.2 Å². The van der Waals surface area contributed by atoms with E-state index in [1.165, 1.54) is 19.3 Å². The first-order valence-electron chi connectivity index (χ1n) is 12.0. The lowest BCUT2D eigenvalue weighted by molar-refractivity contribution is -0.134. The molecule has 172 valence electrons. The molecule has 2 saturated heterocycles. The monoisotopic (exact) mass is 446 g/mol. The second-order valence-corrected chi connectivity index (χ2v) is 11.6. The summed E-state index contributed by atoms with van der Waals surface area (Å²) in [6.45, 7) is 14.3. The Bertz CT molecular complexity index is 790. The molecule has 3 fully saturated rings.